The Bertz CT molecular complexity index is 1320. The van der Waals surface area contributed by atoms with Crippen LogP contribution in [0.4, 0.5) is 0 Å². The van der Waals surface area contributed by atoms with Gasteiger partial charge < -0.3 is 9.72 Å². The maximum Gasteiger partial charge on any atom is 0.152 e. The Labute approximate surface area is 207 Å². The highest BCUT2D eigenvalue weighted by Gasteiger charge is 2.12. The van der Waals surface area contributed by atoms with E-state index in [4.69, 9.17) is 16.3 Å². The molecule has 0 fully saturated rings. The number of aromatic nitrogens is 2. The van der Waals surface area contributed by atoms with Crippen LogP contribution in [0.3, 0.4) is 0 Å². The van der Waals surface area contributed by atoms with E-state index in [0.29, 0.717) is 33.2 Å². The molecule has 3 aromatic carbocycles. The van der Waals surface area contributed by atoms with Gasteiger partial charge in [-0.2, -0.15) is 5.26 Å². The molecule has 0 radical (unpaired) electrons. The van der Waals surface area contributed by atoms with Gasteiger partial charge in [-0.25, -0.2) is 4.98 Å². The molecule has 0 saturated heterocycles. The van der Waals surface area contributed by atoms with E-state index < -0.39 is 0 Å². The number of allylic oxidation sites excluding steroid dienone is 1. The predicted octanol–water partition coefficient (Wildman–Crippen LogP) is 7.54. The number of nitrogens with one attached hydrogen (secondary N) is 1. The molecule has 0 spiro atoms. The predicted molar refractivity (Wildman–Crippen MR) is 137 cm³/mol. The number of nitrogens with zero attached hydrogens (tertiary/aromatic N) is 2. The van der Waals surface area contributed by atoms with E-state index in [-0.39, 0.29) is 0 Å². The van der Waals surface area contributed by atoms with Gasteiger partial charge in [-0.05, 0) is 105 Å². The average Bonchev–Trinajstić information content (AvgIpc) is 3.15. The van der Waals surface area contributed by atoms with Gasteiger partial charge in [-0.1, -0.05) is 29.8 Å². The zero-order valence-corrected chi connectivity index (χ0v) is 20.9. The summed E-state index contributed by atoms with van der Waals surface area (Å²) in [5.41, 5.74) is 5.09. The Morgan fingerprint density at radius 2 is 2.00 bits per heavy atom. The van der Waals surface area contributed by atoms with E-state index in [1.165, 1.54) is 3.57 Å². The first-order valence-corrected chi connectivity index (χ1v) is 11.6. The Morgan fingerprint density at radius 1 is 1.23 bits per heavy atom. The molecule has 31 heavy (non-hydrogen) atoms. The summed E-state index contributed by atoms with van der Waals surface area (Å²) in [7, 11) is 0. The number of aromatic amines is 1. The number of hydrogen-bond donors (Lipinski definition) is 1. The van der Waals surface area contributed by atoms with Crippen LogP contribution in [-0.4, -0.2) is 9.97 Å². The molecular formula is C24H16BrClIN3O. The van der Waals surface area contributed by atoms with Gasteiger partial charge in [0.25, 0.3) is 0 Å². The van der Waals surface area contributed by atoms with Crippen LogP contribution in [0.5, 0.6) is 5.75 Å². The standard InChI is InChI=1S/C24H16BrClIN3O/c1-14-2-7-21-22(8-14)30-24(29-21)17(12-28)9-16-10-19(25)23(20(26)11-16)31-13-15-3-5-18(27)6-4-15/h2-11H,13H2,1H3,(H,29,30)/b17-9-. The van der Waals surface area contributed by atoms with Gasteiger partial charge in [0.1, 0.15) is 18.5 Å². The summed E-state index contributed by atoms with van der Waals surface area (Å²) in [5, 5.41) is 10.2. The number of imidazole rings is 1. The van der Waals surface area contributed by atoms with Crippen molar-refractivity contribution < 1.29 is 4.74 Å². The number of halogens is 3. The van der Waals surface area contributed by atoms with Crippen LogP contribution in [0.2, 0.25) is 5.02 Å². The second-order valence-corrected chi connectivity index (χ2v) is 9.51. The van der Waals surface area contributed by atoms with E-state index in [9.17, 15) is 5.26 Å². The fraction of sp³-hybridized carbons (Fsp3) is 0.0833. The van der Waals surface area contributed by atoms with Gasteiger partial charge in [0.05, 0.1) is 26.1 Å². The summed E-state index contributed by atoms with van der Waals surface area (Å²) in [5.74, 6) is 1.09. The molecule has 0 aliphatic rings. The molecule has 1 aromatic heterocycles. The molecule has 0 saturated carbocycles. The van der Waals surface area contributed by atoms with Crippen LogP contribution in [0.1, 0.15) is 22.5 Å². The lowest BCUT2D eigenvalue weighted by Crippen LogP contribution is -1.97. The Balaban J connectivity index is 1.60. The third-order valence-corrected chi connectivity index (χ3v) is 6.23. The van der Waals surface area contributed by atoms with Gasteiger partial charge in [-0.15, -0.1) is 0 Å². The lowest BCUT2D eigenvalue weighted by atomic mass is 10.1. The molecule has 4 nitrogen and oxygen atoms in total. The summed E-state index contributed by atoms with van der Waals surface area (Å²) < 4.78 is 7.82. The number of hydrogen-bond acceptors (Lipinski definition) is 3. The summed E-state index contributed by atoms with van der Waals surface area (Å²) >= 11 is 12.3. The van der Waals surface area contributed by atoms with Gasteiger partial charge in [0.2, 0.25) is 0 Å². The van der Waals surface area contributed by atoms with Crippen molar-refractivity contribution in [2.75, 3.05) is 0 Å². The van der Waals surface area contributed by atoms with Crippen LogP contribution < -0.4 is 4.74 Å². The van der Waals surface area contributed by atoms with Crippen molar-refractivity contribution in [2.45, 2.75) is 13.5 Å². The van der Waals surface area contributed by atoms with Crippen LogP contribution in [0, 0.1) is 21.8 Å². The molecule has 4 aromatic rings. The lowest BCUT2D eigenvalue weighted by molar-refractivity contribution is 0.304. The fourth-order valence-corrected chi connectivity index (χ4v) is 4.46. The molecule has 7 heteroatoms. The van der Waals surface area contributed by atoms with Crippen LogP contribution in [0.25, 0.3) is 22.7 Å². The molecule has 0 aliphatic carbocycles. The second kappa shape index (κ2) is 9.43. The van der Waals surface area contributed by atoms with Crippen LogP contribution >= 0.6 is 50.1 Å². The average molecular weight is 605 g/mol. The monoisotopic (exact) mass is 603 g/mol. The largest absolute Gasteiger partial charge is 0.486 e. The SMILES string of the molecule is Cc1ccc2nc(/C(C#N)=C\c3cc(Cl)c(OCc4ccc(I)cc4)c(Br)c3)[nH]c2c1. The molecule has 1 heterocycles. The zero-order valence-electron chi connectivity index (χ0n) is 16.4. The van der Waals surface area contributed by atoms with Crippen LogP contribution in [0.15, 0.2) is 59.1 Å². The third kappa shape index (κ3) is 5.12. The van der Waals surface area contributed by atoms with Gasteiger partial charge in [-0.3, -0.25) is 0 Å². The number of nitriles is 1. The van der Waals surface area contributed by atoms with E-state index >= 15 is 0 Å². The molecule has 0 aliphatic heterocycles. The number of fused-ring (bicyclic) bond motifs is 1. The summed E-state index contributed by atoms with van der Waals surface area (Å²) in [4.78, 5) is 7.76. The highest BCUT2D eigenvalue weighted by atomic mass is 127. The Kier molecular flexibility index (Phi) is 6.65. The van der Waals surface area contributed by atoms with Crippen molar-refractivity contribution in [3.63, 3.8) is 0 Å². The van der Waals surface area contributed by atoms with Crippen molar-refractivity contribution in [2.24, 2.45) is 0 Å². The van der Waals surface area contributed by atoms with Crippen LogP contribution in [-0.2, 0) is 6.61 Å². The summed E-state index contributed by atoms with van der Waals surface area (Å²) in [6.07, 6.45) is 1.75. The Hall–Kier alpha value is -2.34. The van der Waals surface area contributed by atoms with Gasteiger partial charge in [0, 0.05) is 3.57 Å². The fourth-order valence-electron chi connectivity index (χ4n) is 3.11. The maximum absolute atomic E-state index is 9.70. The number of benzene rings is 3. The third-order valence-electron chi connectivity index (χ3n) is 4.64. The molecular weight excluding hydrogens is 589 g/mol. The Morgan fingerprint density at radius 3 is 2.71 bits per heavy atom. The van der Waals surface area contributed by atoms with Gasteiger partial charge >= 0.3 is 0 Å². The number of H-pyrrole nitrogens is 1. The van der Waals surface area contributed by atoms with Crippen molar-refractivity contribution in [3.05, 3.63) is 90.2 Å². The van der Waals surface area contributed by atoms with E-state index in [0.717, 1.165) is 27.7 Å². The maximum atomic E-state index is 9.70. The minimum absolute atomic E-state index is 0.409. The first kappa shape index (κ1) is 21.9. The molecule has 0 atom stereocenters. The summed E-state index contributed by atoms with van der Waals surface area (Å²) in [6, 6.07) is 19.9. The van der Waals surface area contributed by atoms with Gasteiger partial charge in [0.15, 0.2) is 5.75 Å². The molecule has 0 amide bonds. The highest BCUT2D eigenvalue weighted by molar-refractivity contribution is 14.1. The lowest BCUT2D eigenvalue weighted by Gasteiger charge is -2.11. The molecule has 4 rings (SSSR count). The zero-order chi connectivity index (χ0) is 22.0. The first-order chi connectivity index (χ1) is 14.9. The second-order valence-electron chi connectivity index (χ2n) is 7.00. The quantitative estimate of drug-likeness (QED) is 0.189. The van der Waals surface area contributed by atoms with Crippen molar-refractivity contribution in [1.82, 2.24) is 9.97 Å². The normalized spacial score (nSPS) is 11.5. The molecule has 0 unspecified atom stereocenters. The minimum Gasteiger partial charge on any atom is -0.486 e. The smallest absolute Gasteiger partial charge is 0.152 e. The summed E-state index contributed by atoms with van der Waals surface area (Å²) in [6.45, 7) is 2.43. The van der Waals surface area contributed by atoms with Crippen molar-refractivity contribution in [3.8, 4) is 11.8 Å². The minimum atomic E-state index is 0.409. The van der Waals surface area contributed by atoms with E-state index in [2.05, 4.69) is 54.6 Å². The first-order valence-electron chi connectivity index (χ1n) is 9.38. The van der Waals surface area contributed by atoms with Crippen molar-refractivity contribution >= 4 is 72.8 Å². The topological polar surface area (TPSA) is 61.7 Å². The number of aryl methyl sites for hydroxylation is 1. The van der Waals surface area contributed by atoms with E-state index in [1.807, 2.05) is 55.5 Å². The number of ether oxygens (including phenoxy) is 1. The molecule has 154 valence electrons. The highest BCUT2D eigenvalue weighted by Crippen LogP contribution is 2.36. The molecule has 1 N–H and O–H groups in total. The molecule has 0 bridgehead atoms. The van der Waals surface area contributed by atoms with E-state index in [1.54, 1.807) is 12.1 Å². The van der Waals surface area contributed by atoms with Crippen molar-refractivity contribution in [1.29, 1.82) is 5.26 Å². The number of rotatable bonds is 5.